The fourth-order valence-electron chi connectivity index (χ4n) is 3.54. The van der Waals surface area contributed by atoms with Gasteiger partial charge in [-0.1, -0.05) is 23.8 Å². The van der Waals surface area contributed by atoms with Gasteiger partial charge >= 0.3 is 6.36 Å². The smallest absolute Gasteiger partial charge is 0.456 e. The van der Waals surface area contributed by atoms with Crippen LogP contribution in [0.4, 0.5) is 13.2 Å². The molecule has 0 bridgehead atoms. The Kier molecular flexibility index (Phi) is 4.15. The standard InChI is InChI=1S/C20H18F3NO2/c1-24-10-8-13(9-11-24)19-15-4-2-3-5-17(15)25-18-12-14(6-7-16(18)19)26-20(21,22)23/h2-7,12H,8-11H2,1H3. The Morgan fingerprint density at radius 1 is 0.962 bits per heavy atom. The summed E-state index contributed by atoms with van der Waals surface area (Å²) in [5, 5.41) is 0. The van der Waals surface area contributed by atoms with Gasteiger partial charge in [0.2, 0.25) is 0 Å². The lowest BCUT2D eigenvalue weighted by molar-refractivity contribution is -0.274. The van der Waals surface area contributed by atoms with E-state index in [-0.39, 0.29) is 5.75 Å². The summed E-state index contributed by atoms with van der Waals surface area (Å²) in [6.45, 7) is 1.93. The Balaban J connectivity index is 1.82. The normalized spacial score (nSPS) is 17.4. The second-order valence-corrected chi connectivity index (χ2v) is 6.59. The van der Waals surface area contributed by atoms with Crippen LogP contribution in [0.1, 0.15) is 24.0 Å². The Bertz CT molecular complexity index is 864. The molecule has 1 saturated heterocycles. The predicted octanol–water partition coefficient (Wildman–Crippen LogP) is 5.22. The van der Waals surface area contributed by atoms with Crippen LogP contribution >= 0.6 is 0 Å². The molecule has 136 valence electrons. The van der Waals surface area contributed by atoms with Crippen LogP contribution in [-0.4, -0.2) is 31.4 Å². The van der Waals surface area contributed by atoms with Gasteiger partial charge in [0.15, 0.2) is 0 Å². The summed E-state index contributed by atoms with van der Waals surface area (Å²) in [6.07, 6.45) is -2.86. The quantitative estimate of drug-likeness (QED) is 0.593. The molecular weight excluding hydrogens is 343 g/mol. The maximum absolute atomic E-state index is 12.5. The zero-order valence-corrected chi connectivity index (χ0v) is 14.3. The van der Waals surface area contributed by atoms with Crippen molar-refractivity contribution in [2.75, 3.05) is 20.1 Å². The van der Waals surface area contributed by atoms with Crippen LogP contribution in [0.15, 0.2) is 48.0 Å². The Hall–Kier alpha value is -2.47. The molecule has 0 saturated carbocycles. The van der Waals surface area contributed by atoms with Crippen molar-refractivity contribution in [2.24, 2.45) is 0 Å². The van der Waals surface area contributed by atoms with E-state index in [1.54, 1.807) is 6.07 Å². The van der Waals surface area contributed by atoms with Gasteiger partial charge in [-0.25, -0.2) is 0 Å². The number of ether oxygens (including phenoxy) is 2. The number of rotatable bonds is 1. The van der Waals surface area contributed by atoms with Crippen LogP contribution in [0.25, 0.3) is 5.57 Å². The highest BCUT2D eigenvalue weighted by molar-refractivity contribution is 5.90. The SMILES string of the molecule is CN1CCC(=C2c3ccccc3Oc3cc(OC(F)(F)F)ccc32)CC1. The Morgan fingerprint density at radius 3 is 2.38 bits per heavy atom. The monoisotopic (exact) mass is 361 g/mol. The molecular formula is C20H18F3NO2. The molecule has 0 aliphatic carbocycles. The fraction of sp³-hybridized carbons (Fsp3) is 0.300. The summed E-state index contributed by atoms with van der Waals surface area (Å²) in [4.78, 5) is 2.27. The number of fused-ring (bicyclic) bond motifs is 2. The van der Waals surface area contributed by atoms with Crippen molar-refractivity contribution in [2.45, 2.75) is 19.2 Å². The van der Waals surface area contributed by atoms with E-state index in [1.807, 2.05) is 24.3 Å². The lowest BCUT2D eigenvalue weighted by atomic mass is 9.86. The number of likely N-dealkylation sites (tertiary alicyclic amines) is 1. The lowest BCUT2D eigenvalue weighted by Gasteiger charge is -2.30. The first-order valence-corrected chi connectivity index (χ1v) is 8.49. The molecule has 0 unspecified atom stereocenters. The molecule has 2 aromatic rings. The summed E-state index contributed by atoms with van der Waals surface area (Å²) < 4.78 is 47.5. The van der Waals surface area contributed by atoms with Gasteiger partial charge in [-0.05, 0) is 43.7 Å². The molecule has 0 amide bonds. The van der Waals surface area contributed by atoms with E-state index in [0.717, 1.165) is 42.6 Å². The molecule has 6 heteroatoms. The van der Waals surface area contributed by atoms with Gasteiger partial charge in [-0.15, -0.1) is 13.2 Å². The molecule has 2 heterocycles. The number of hydrogen-bond acceptors (Lipinski definition) is 3. The van der Waals surface area contributed by atoms with Crippen molar-refractivity contribution >= 4 is 5.57 Å². The third kappa shape index (κ3) is 3.29. The highest BCUT2D eigenvalue weighted by Gasteiger charge is 2.32. The van der Waals surface area contributed by atoms with E-state index in [4.69, 9.17) is 4.74 Å². The number of hydrogen-bond donors (Lipinski definition) is 0. The van der Waals surface area contributed by atoms with Crippen LogP contribution in [0, 0.1) is 0 Å². The zero-order valence-electron chi connectivity index (χ0n) is 14.3. The van der Waals surface area contributed by atoms with Crippen LogP contribution in [0.2, 0.25) is 0 Å². The number of nitrogens with zero attached hydrogens (tertiary/aromatic N) is 1. The molecule has 1 fully saturated rings. The number of halogens is 3. The van der Waals surface area contributed by atoms with Crippen LogP contribution < -0.4 is 9.47 Å². The van der Waals surface area contributed by atoms with Crippen molar-refractivity contribution in [3.05, 3.63) is 59.2 Å². The Morgan fingerprint density at radius 2 is 1.65 bits per heavy atom. The van der Waals surface area contributed by atoms with Gasteiger partial charge in [-0.2, -0.15) is 0 Å². The van der Waals surface area contributed by atoms with Gasteiger partial charge in [0.25, 0.3) is 0 Å². The van der Waals surface area contributed by atoms with E-state index >= 15 is 0 Å². The van der Waals surface area contributed by atoms with E-state index in [2.05, 4.69) is 16.7 Å². The first-order valence-electron chi connectivity index (χ1n) is 8.49. The Labute approximate surface area is 149 Å². The molecule has 3 nitrogen and oxygen atoms in total. The van der Waals surface area contributed by atoms with E-state index in [1.165, 1.54) is 17.7 Å². The summed E-state index contributed by atoms with van der Waals surface area (Å²) in [5.74, 6) is 0.779. The molecule has 0 radical (unpaired) electrons. The number of benzene rings is 2. The molecule has 4 rings (SSSR count). The highest BCUT2D eigenvalue weighted by atomic mass is 19.4. The maximum atomic E-state index is 12.5. The second kappa shape index (κ2) is 6.36. The average Bonchev–Trinajstić information content (AvgIpc) is 2.59. The van der Waals surface area contributed by atoms with E-state index in [0.29, 0.717) is 11.5 Å². The molecule has 2 aliphatic rings. The molecule has 0 N–H and O–H groups in total. The van der Waals surface area contributed by atoms with E-state index in [9.17, 15) is 13.2 Å². The van der Waals surface area contributed by atoms with Crippen LogP contribution in [0.3, 0.4) is 0 Å². The predicted molar refractivity (Wildman–Crippen MR) is 92.4 cm³/mol. The minimum atomic E-state index is -4.73. The van der Waals surface area contributed by atoms with Gasteiger partial charge in [-0.3, -0.25) is 0 Å². The van der Waals surface area contributed by atoms with Crippen LogP contribution in [0.5, 0.6) is 17.2 Å². The number of para-hydroxylation sites is 1. The van der Waals surface area contributed by atoms with Crippen molar-refractivity contribution in [1.82, 2.24) is 4.90 Å². The number of alkyl halides is 3. The van der Waals surface area contributed by atoms with Crippen molar-refractivity contribution < 1.29 is 22.6 Å². The zero-order chi connectivity index (χ0) is 18.3. The minimum absolute atomic E-state index is 0.275. The minimum Gasteiger partial charge on any atom is -0.456 e. The highest BCUT2D eigenvalue weighted by Crippen LogP contribution is 2.47. The van der Waals surface area contributed by atoms with Crippen LogP contribution in [-0.2, 0) is 0 Å². The average molecular weight is 361 g/mol. The molecule has 2 aromatic carbocycles. The van der Waals surface area contributed by atoms with Crippen molar-refractivity contribution in [3.63, 3.8) is 0 Å². The second-order valence-electron chi connectivity index (χ2n) is 6.59. The summed E-state index contributed by atoms with van der Waals surface area (Å²) in [6, 6.07) is 12.0. The van der Waals surface area contributed by atoms with Crippen molar-refractivity contribution in [3.8, 4) is 17.2 Å². The first kappa shape index (κ1) is 17.0. The maximum Gasteiger partial charge on any atom is 0.573 e. The van der Waals surface area contributed by atoms with Gasteiger partial charge in [0.1, 0.15) is 17.2 Å². The lowest BCUT2D eigenvalue weighted by Crippen LogP contribution is -2.27. The molecule has 0 aromatic heterocycles. The molecule has 2 aliphatic heterocycles. The summed E-state index contributed by atoms with van der Waals surface area (Å²) >= 11 is 0. The third-order valence-corrected chi connectivity index (χ3v) is 4.78. The van der Waals surface area contributed by atoms with Crippen molar-refractivity contribution in [1.29, 1.82) is 0 Å². The molecule has 0 spiro atoms. The van der Waals surface area contributed by atoms with Gasteiger partial charge < -0.3 is 14.4 Å². The molecule has 0 atom stereocenters. The topological polar surface area (TPSA) is 21.7 Å². The van der Waals surface area contributed by atoms with E-state index < -0.39 is 6.36 Å². The first-order chi connectivity index (χ1) is 12.4. The van der Waals surface area contributed by atoms with Gasteiger partial charge in [0, 0.05) is 30.3 Å². The molecule has 26 heavy (non-hydrogen) atoms. The third-order valence-electron chi connectivity index (χ3n) is 4.78. The largest absolute Gasteiger partial charge is 0.573 e. The summed E-state index contributed by atoms with van der Waals surface area (Å²) in [7, 11) is 2.09. The number of piperidine rings is 1. The fourth-order valence-corrected chi connectivity index (χ4v) is 3.54. The summed E-state index contributed by atoms with van der Waals surface area (Å²) in [5.41, 5.74) is 4.19. The van der Waals surface area contributed by atoms with Gasteiger partial charge in [0.05, 0.1) is 0 Å².